The minimum absolute atomic E-state index is 0.0916. The van der Waals surface area contributed by atoms with Crippen LogP contribution in [0.3, 0.4) is 0 Å². The maximum atomic E-state index is 12.9. The van der Waals surface area contributed by atoms with Crippen molar-refractivity contribution in [1.29, 1.82) is 0 Å². The van der Waals surface area contributed by atoms with Gasteiger partial charge in [-0.05, 0) is 73.0 Å². The van der Waals surface area contributed by atoms with Crippen LogP contribution in [0.1, 0.15) is 36.0 Å². The van der Waals surface area contributed by atoms with Crippen molar-refractivity contribution < 1.29 is 21.9 Å². The summed E-state index contributed by atoms with van der Waals surface area (Å²) in [7, 11) is -3.59. The number of hydrogen-bond acceptors (Lipinski definition) is 4. The van der Waals surface area contributed by atoms with Crippen molar-refractivity contribution in [2.75, 3.05) is 19.6 Å². The maximum absolute atomic E-state index is 12.9. The third-order valence-corrected chi connectivity index (χ3v) is 7.62. The zero-order valence-corrected chi connectivity index (χ0v) is 18.7. The third-order valence-electron chi connectivity index (χ3n) is 6.06. The van der Waals surface area contributed by atoms with Gasteiger partial charge >= 0.3 is 6.61 Å². The van der Waals surface area contributed by atoms with Gasteiger partial charge in [-0.3, -0.25) is 4.90 Å². The summed E-state index contributed by atoms with van der Waals surface area (Å²) in [6, 6.07) is 14.9. The lowest BCUT2D eigenvalue weighted by atomic mass is 9.97. The largest absolute Gasteiger partial charge is 0.435 e. The van der Waals surface area contributed by atoms with E-state index in [1.165, 1.54) is 11.6 Å². The fourth-order valence-electron chi connectivity index (χ4n) is 4.45. The van der Waals surface area contributed by atoms with Gasteiger partial charge in [0, 0.05) is 19.6 Å². The summed E-state index contributed by atoms with van der Waals surface area (Å²) in [4.78, 5) is 2.72. The van der Waals surface area contributed by atoms with Crippen LogP contribution in [0.25, 0.3) is 6.08 Å². The molecule has 0 spiro atoms. The van der Waals surface area contributed by atoms with E-state index in [1.54, 1.807) is 18.2 Å². The zero-order valence-electron chi connectivity index (χ0n) is 17.8. The van der Waals surface area contributed by atoms with Gasteiger partial charge in [-0.2, -0.15) is 8.78 Å². The summed E-state index contributed by atoms with van der Waals surface area (Å²) >= 11 is 0. The van der Waals surface area contributed by atoms with Crippen LogP contribution < -0.4 is 9.46 Å². The molecule has 2 aromatic rings. The number of alkyl halides is 2. The molecular formula is C24H28F2N2O3S. The summed E-state index contributed by atoms with van der Waals surface area (Å²) in [5.74, 6) is 0.363. The van der Waals surface area contributed by atoms with Gasteiger partial charge in [0.1, 0.15) is 5.75 Å². The SMILES string of the molecule is O=S(=O)(NCC1CCCN(Cc2ccccc2)C1)C1=Cc2ccc(OC(F)F)cc2CC1. The van der Waals surface area contributed by atoms with E-state index in [1.807, 2.05) is 18.2 Å². The summed E-state index contributed by atoms with van der Waals surface area (Å²) in [5, 5.41) is 0. The van der Waals surface area contributed by atoms with E-state index in [4.69, 9.17) is 0 Å². The number of fused-ring (bicyclic) bond motifs is 1. The molecule has 4 rings (SSSR count). The van der Waals surface area contributed by atoms with Crippen molar-refractivity contribution >= 4 is 16.1 Å². The van der Waals surface area contributed by atoms with E-state index < -0.39 is 16.6 Å². The number of rotatable bonds is 8. The highest BCUT2D eigenvalue weighted by atomic mass is 32.2. The fourth-order valence-corrected chi connectivity index (χ4v) is 5.75. The topological polar surface area (TPSA) is 58.6 Å². The highest BCUT2D eigenvalue weighted by Gasteiger charge is 2.25. The van der Waals surface area contributed by atoms with Crippen molar-refractivity contribution in [2.45, 2.75) is 38.8 Å². The minimum atomic E-state index is -3.59. The molecule has 0 saturated carbocycles. The van der Waals surface area contributed by atoms with Gasteiger partial charge in [-0.25, -0.2) is 13.1 Å². The summed E-state index contributed by atoms with van der Waals surface area (Å²) in [5.41, 5.74) is 2.80. The first kappa shape index (κ1) is 22.9. The lowest BCUT2D eigenvalue weighted by Crippen LogP contribution is -2.40. The second kappa shape index (κ2) is 10.1. The molecule has 1 unspecified atom stereocenters. The molecule has 2 aromatic carbocycles. The molecule has 0 bridgehead atoms. The van der Waals surface area contributed by atoms with Crippen molar-refractivity contribution in [3.63, 3.8) is 0 Å². The lowest BCUT2D eigenvalue weighted by molar-refractivity contribution is -0.0498. The van der Waals surface area contributed by atoms with E-state index in [2.05, 4.69) is 26.5 Å². The van der Waals surface area contributed by atoms with Crippen LogP contribution in [0.2, 0.25) is 0 Å². The molecule has 1 aliphatic carbocycles. The van der Waals surface area contributed by atoms with Crippen LogP contribution >= 0.6 is 0 Å². The predicted molar refractivity (Wildman–Crippen MR) is 121 cm³/mol. The average Bonchev–Trinajstić information content (AvgIpc) is 2.78. The Labute approximate surface area is 188 Å². The molecule has 8 heteroatoms. The smallest absolute Gasteiger partial charge is 0.387 e. The van der Waals surface area contributed by atoms with E-state index in [9.17, 15) is 17.2 Å². The molecule has 1 heterocycles. The van der Waals surface area contributed by atoms with Crippen molar-refractivity contribution in [3.05, 3.63) is 70.1 Å². The van der Waals surface area contributed by atoms with Gasteiger partial charge in [-0.1, -0.05) is 36.4 Å². The van der Waals surface area contributed by atoms with Crippen LogP contribution in [0.15, 0.2) is 53.4 Å². The first-order valence-corrected chi connectivity index (χ1v) is 12.4. The van der Waals surface area contributed by atoms with Crippen molar-refractivity contribution in [3.8, 4) is 5.75 Å². The quantitative estimate of drug-likeness (QED) is 0.632. The number of likely N-dealkylation sites (tertiary alicyclic amines) is 1. The van der Waals surface area contributed by atoms with Gasteiger partial charge in [0.2, 0.25) is 10.0 Å². The Morgan fingerprint density at radius 1 is 1.12 bits per heavy atom. The molecule has 0 radical (unpaired) electrons. The number of benzene rings is 2. The molecule has 1 aliphatic heterocycles. The Balaban J connectivity index is 1.35. The molecule has 0 amide bonds. The number of halogens is 2. The van der Waals surface area contributed by atoms with Gasteiger partial charge < -0.3 is 4.74 Å². The zero-order chi connectivity index (χ0) is 22.6. The lowest BCUT2D eigenvalue weighted by Gasteiger charge is -2.33. The number of aryl methyl sites for hydroxylation is 1. The van der Waals surface area contributed by atoms with E-state index >= 15 is 0 Å². The molecular weight excluding hydrogens is 434 g/mol. The third kappa shape index (κ3) is 5.94. The van der Waals surface area contributed by atoms with Crippen molar-refractivity contribution in [1.82, 2.24) is 9.62 Å². The first-order chi connectivity index (χ1) is 15.4. The molecule has 1 atom stereocenters. The molecule has 1 saturated heterocycles. The normalized spacial score (nSPS) is 19.5. The van der Waals surface area contributed by atoms with Crippen molar-refractivity contribution in [2.24, 2.45) is 5.92 Å². The number of ether oxygens (including phenoxy) is 1. The first-order valence-electron chi connectivity index (χ1n) is 10.9. The van der Waals surface area contributed by atoms with Crippen LogP contribution in [-0.2, 0) is 23.0 Å². The standard InChI is InChI=1S/C24H28F2N2O3S/c25-24(26)31-22-10-8-21-14-23(11-9-20(21)13-22)32(29,30)27-15-19-7-4-12-28(17-19)16-18-5-2-1-3-6-18/h1-3,5-6,8,10,13-14,19,24,27H,4,7,9,11-12,15-17H2. The average molecular weight is 463 g/mol. The van der Waals surface area contributed by atoms with Gasteiger partial charge in [0.25, 0.3) is 0 Å². The van der Waals surface area contributed by atoms with E-state index in [0.717, 1.165) is 43.6 Å². The minimum Gasteiger partial charge on any atom is -0.435 e. The number of hydrogen-bond donors (Lipinski definition) is 1. The van der Waals surface area contributed by atoms with E-state index in [0.29, 0.717) is 24.3 Å². The summed E-state index contributed by atoms with van der Waals surface area (Å²) < 4.78 is 57.9. The molecule has 32 heavy (non-hydrogen) atoms. The highest BCUT2D eigenvalue weighted by Crippen LogP contribution is 2.30. The number of allylic oxidation sites excluding steroid dienone is 1. The Bertz CT molecular complexity index is 1060. The Morgan fingerprint density at radius 2 is 1.94 bits per heavy atom. The van der Waals surface area contributed by atoms with Gasteiger partial charge in [0.05, 0.1) is 4.91 Å². The second-order valence-corrected chi connectivity index (χ2v) is 10.3. The van der Waals surface area contributed by atoms with Crippen LogP contribution in [0.5, 0.6) is 5.75 Å². The predicted octanol–water partition coefficient (Wildman–Crippen LogP) is 4.41. The summed E-state index contributed by atoms with van der Waals surface area (Å²) in [6.07, 6.45) is 4.50. The van der Waals surface area contributed by atoms with Gasteiger partial charge in [-0.15, -0.1) is 0 Å². The molecule has 1 fully saturated rings. The monoisotopic (exact) mass is 462 g/mol. The number of nitrogens with one attached hydrogen (secondary N) is 1. The number of sulfonamides is 1. The molecule has 1 N–H and O–H groups in total. The Kier molecular flexibility index (Phi) is 7.23. The second-order valence-electron chi connectivity index (χ2n) is 8.43. The molecule has 2 aliphatic rings. The molecule has 0 aromatic heterocycles. The van der Waals surface area contributed by atoms with Gasteiger partial charge in [0.15, 0.2) is 0 Å². The number of piperidine rings is 1. The highest BCUT2D eigenvalue weighted by molar-refractivity contribution is 7.93. The fraction of sp³-hybridized carbons (Fsp3) is 0.417. The Morgan fingerprint density at radius 3 is 2.72 bits per heavy atom. The number of nitrogens with zero attached hydrogens (tertiary/aromatic N) is 1. The molecule has 172 valence electrons. The summed E-state index contributed by atoms with van der Waals surface area (Å²) in [6.45, 7) is 0.307. The van der Waals surface area contributed by atoms with Crippen LogP contribution in [0.4, 0.5) is 8.78 Å². The maximum Gasteiger partial charge on any atom is 0.387 e. The van der Waals surface area contributed by atoms with Crippen LogP contribution in [-0.4, -0.2) is 39.6 Å². The van der Waals surface area contributed by atoms with E-state index in [-0.39, 0.29) is 11.7 Å². The Hall–Kier alpha value is -2.29. The van der Waals surface area contributed by atoms with Crippen LogP contribution in [0, 0.1) is 5.92 Å². The molecule has 5 nitrogen and oxygen atoms in total.